The summed E-state index contributed by atoms with van der Waals surface area (Å²) in [5, 5.41) is 32.5. The number of aliphatic carboxylic acids is 2. The molecular weight excluding hydrogens is 641 g/mol. The Morgan fingerprint density at radius 1 is 0.939 bits per heavy atom. The molecule has 0 saturated carbocycles. The number of nitrogens with zero attached hydrogens (tertiary/aromatic N) is 3. The molecule has 2 aromatic carbocycles. The summed E-state index contributed by atoms with van der Waals surface area (Å²) < 4.78 is 24.5. The van der Waals surface area contributed by atoms with Gasteiger partial charge in [-0.25, -0.2) is 18.8 Å². The molecule has 0 aromatic heterocycles. The zero-order valence-electron chi connectivity index (χ0n) is 28.2. The molecule has 49 heavy (non-hydrogen) atoms. The monoisotopic (exact) mass is 689 g/mol. The molecule has 4 rings (SSSR count). The number of hydrogen-bond donors (Lipinski definition) is 4. The van der Waals surface area contributed by atoms with Crippen molar-refractivity contribution in [3.63, 3.8) is 0 Å². The Morgan fingerprint density at radius 3 is 2.02 bits per heavy atom. The van der Waals surface area contributed by atoms with Crippen molar-refractivity contribution >= 4 is 23.9 Å². The van der Waals surface area contributed by atoms with Gasteiger partial charge in [0.15, 0.2) is 12.2 Å². The van der Waals surface area contributed by atoms with E-state index in [1.54, 1.807) is 17.0 Å². The van der Waals surface area contributed by atoms with Gasteiger partial charge in [0.25, 0.3) is 0 Å². The van der Waals surface area contributed by atoms with Crippen LogP contribution >= 0.6 is 0 Å². The minimum atomic E-state index is -2.27. The van der Waals surface area contributed by atoms with Crippen LogP contribution in [0, 0.1) is 11.7 Å². The SMILES string of the molecule is CC(C)COc1ccc(CC(=O)N(Cc2ccc(F)cc2)C2CCN(CCCN3C[C@H](C)OC3=O)CC2)cc1.O=C(O)C(O)C(O)C(=O)O. The van der Waals surface area contributed by atoms with Gasteiger partial charge in [0, 0.05) is 32.2 Å². The molecule has 13 nitrogen and oxygen atoms in total. The molecule has 2 unspecified atom stereocenters. The molecule has 3 atom stereocenters. The van der Waals surface area contributed by atoms with E-state index in [9.17, 15) is 23.6 Å². The van der Waals surface area contributed by atoms with Gasteiger partial charge in [-0.15, -0.1) is 0 Å². The number of aliphatic hydroxyl groups excluding tert-OH is 2. The van der Waals surface area contributed by atoms with Crippen molar-refractivity contribution in [2.45, 2.75) is 77.4 Å². The molecule has 2 amide bonds. The molecule has 2 aromatic rings. The van der Waals surface area contributed by atoms with Crippen molar-refractivity contribution in [3.8, 4) is 5.75 Å². The molecule has 0 aliphatic carbocycles. The number of benzene rings is 2. The van der Waals surface area contributed by atoms with E-state index in [1.165, 1.54) is 12.1 Å². The minimum absolute atomic E-state index is 0.0333. The van der Waals surface area contributed by atoms with Crippen LogP contribution in [0.5, 0.6) is 5.75 Å². The summed E-state index contributed by atoms with van der Waals surface area (Å²) in [6.45, 7) is 11.4. The Kier molecular flexibility index (Phi) is 15.2. The van der Waals surface area contributed by atoms with Gasteiger partial charge < -0.3 is 44.6 Å². The second kappa shape index (κ2) is 19.1. The maximum absolute atomic E-state index is 13.6. The molecular formula is C35H48FN3O10. The average Bonchev–Trinajstić information content (AvgIpc) is 3.39. The average molecular weight is 690 g/mol. The van der Waals surface area contributed by atoms with Crippen LogP contribution in [0.1, 0.15) is 51.2 Å². The topological polar surface area (TPSA) is 177 Å². The highest BCUT2D eigenvalue weighted by molar-refractivity contribution is 5.83. The zero-order chi connectivity index (χ0) is 36.1. The van der Waals surface area contributed by atoms with Gasteiger partial charge in [-0.2, -0.15) is 0 Å². The first-order valence-electron chi connectivity index (χ1n) is 16.5. The third-order valence-corrected chi connectivity index (χ3v) is 8.19. The highest BCUT2D eigenvalue weighted by atomic mass is 19.1. The third-order valence-electron chi connectivity index (χ3n) is 8.19. The number of cyclic esters (lactones) is 1. The second-order valence-electron chi connectivity index (χ2n) is 12.8. The lowest BCUT2D eigenvalue weighted by atomic mass is 10.0. The first-order chi connectivity index (χ1) is 23.2. The van der Waals surface area contributed by atoms with Crippen LogP contribution in [0.3, 0.4) is 0 Å². The van der Waals surface area contributed by atoms with E-state index < -0.39 is 24.1 Å². The van der Waals surface area contributed by atoms with Gasteiger partial charge in [0.05, 0.1) is 19.6 Å². The largest absolute Gasteiger partial charge is 0.493 e. The predicted molar refractivity (Wildman–Crippen MR) is 176 cm³/mol. The normalized spacial score (nSPS) is 17.9. The lowest BCUT2D eigenvalue weighted by Crippen LogP contribution is -2.48. The predicted octanol–water partition coefficient (Wildman–Crippen LogP) is 3.00. The number of amides is 2. The summed E-state index contributed by atoms with van der Waals surface area (Å²) in [6, 6.07) is 14.3. The maximum Gasteiger partial charge on any atom is 0.410 e. The van der Waals surface area contributed by atoms with E-state index in [-0.39, 0.29) is 30.0 Å². The van der Waals surface area contributed by atoms with E-state index >= 15 is 0 Å². The van der Waals surface area contributed by atoms with Crippen LogP contribution in [-0.4, -0.2) is 123 Å². The zero-order valence-corrected chi connectivity index (χ0v) is 28.2. The van der Waals surface area contributed by atoms with Crippen molar-refractivity contribution in [3.05, 3.63) is 65.5 Å². The van der Waals surface area contributed by atoms with Gasteiger partial charge in [0.2, 0.25) is 5.91 Å². The fraction of sp³-hybridized carbons (Fsp3) is 0.543. The highest BCUT2D eigenvalue weighted by Crippen LogP contribution is 2.22. The molecule has 2 fully saturated rings. The fourth-order valence-electron chi connectivity index (χ4n) is 5.51. The van der Waals surface area contributed by atoms with Crippen LogP contribution in [0.4, 0.5) is 9.18 Å². The number of aliphatic hydroxyl groups is 2. The minimum Gasteiger partial charge on any atom is -0.493 e. The Labute approximate surface area is 285 Å². The van der Waals surface area contributed by atoms with Gasteiger partial charge >= 0.3 is 18.0 Å². The number of carboxylic acid groups (broad SMARTS) is 2. The number of carbonyl (C=O) groups excluding carboxylic acids is 2. The summed E-state index contributed by atoms with van der Waals surface area (Å²) in [6.07, 6.45) is -1.79. The lowest BCUT2D eigenvalue weighted by Gasteiger charge is -2.39. The van der Waals surface area contributed by atoms with Crippen molar-refractivity contribution < 1.29 is 53.5 Å². The number of carboxylic acids is 2. The Bertz CT molecular complexity index is 1350. The summed E-state index contributed by atoms with van der Waals surface area (Å²) in [5.41, 5.74) is 1.88. The third kappa shape index (κ3) is 12.9. The molecule has 2 aliphatic rings. The second-order valence-corrected chi connectivity index (χ2v) is 12.8. The van der Waals surface area contributed by atoms with E-state index in [1.807, 2.05) is 36.1 Å². The van der Waals surface area contributed by atoms with Crippen molar-refractivity contribution in [1.29, 1.82) is 0 Å². The summed E-state index contributed by atoms with van der Waals surface area (Å²) >= 11 is 0. The maximum atomic E-state index is 13.6. The Hall–Kier alpha value is -4.27. The summed E-state index contributed by atoms with van der Waals surface area (Å²) in [4.78, 5) is 51.2. The van der Waals surface area contributed by atoms with E-state index in [4.69, 9.17) is 29.9 Å². The number of hydrogen-bond acceptors (Lipinski definition) is 9. The molecule has 2 heterocycles. The van der Waals surface area contributed by atoms with E-state index in [0.29, 0.717) is 38.6 Å². The Balaban J connectivity index is 0.000000565. The molecule has 4 N–H and O–H groups in total. The molecule has 2 aliphatic heterocycles. The first kappa shape index (κ1) is 39.2. The van der Waals surface area contributed by atoms with Gasteiger partial charge in [-0.3, -0.25) is 4.79 Å². The van der Waals surface area contributed by atoms with Crippen LogP contribution in [0.15, 0.2) is 48.5 Å². The van der Waals surface area contributed by atoms with Gasteiger partial charge in [-0.05, 0) is 74.0 Å². The first-order valence-corrected chi connectivity index (χ1v) is 16.5. The lowest BCUT2D eigenvalue weighted by molar-refractivity contribution is -0.165. The summed E-state index contributed by atoms with van der Waals surface area (Å²) in [7, 11) is 0. The van der Waals surface area contributed by atoms with Gasteiger partial charge in [0.1, 0.15) is 17.7 Å². The van der Waals surface area contributed by atoms with Crippen molar-refractivity contribution in [1.82, 2.24) is 14.7 Å². The summed E-state index contributed by atoms with van der Waals surface area (Å²) in [5.74, 6) is -2.47. The molecule has 0 spiro atoms. The molecule has 2 saturated heterocycles. The van der Waals surface area contributed by atoms with E-state index in [2.05, 4.69) is 18.7 Å². The molecule has 270 valence electrons. The molecule has 0 radical (unpaired) electrons. The molecule has 14 heteroatoms. The number of likely N-dealkylation sites (tertiary alicyclic amines) is 1. The number of halogens is 1. The van der Waals surface area contributed by atoms with Crippen molar-refractivity contribution in [2.24, 2.45) is 5.92 Å². The number of ether oxygens (including phenoxy) is 2. The van der Waals surface area contributed by atoms with Crippen LogP contribution in [-0.2, 0) is 32.1 Å². The fourth-order valence-corrected chi connectivity index (χ4v) is 5.51. The van der Waals surface area contributed by atoms with Crippen LogP contribution < -0.4 is 4.74 Å². The Morgan fingerprint density at radius 2 is 1.51 bits per heavy atom. The van der Waals surface area contributed by atoms with E-state index in [0.717, 1.165) is 55.8 Å². The number of rotatable bonds is 15. The smallest absolute Gasteiger partial charge is 0.410 e. The van der Waals surface area contributed by atoms with Crippen LogP contribution in [0.2, 0.25) is 0 Å². The van der Waals surface area contributed by atoms with Crippen LogP contribution in [0.25, 0.3) is 0 Å². The number of piperidine rings is 1. The standard InChI is InChI=1S/C31H42FN3O4.C4H6O6/c1-23(2)22-38-29-11-7-25(8-12-29)19-30(36)35(21-26-5-9-27(32)10-6-26)28-13-17-33(18-14-28)15-4-16-34-20-24(3)39-31(34)37;5-1(3(7)8)2(6)4(9)10/h5-12,23-24,28H,4,13-22H2,1-3H3;1-2,5-6H,(H,7,8)(H,9,10)/t24-;/m0./s1. The van der Waals surface area contributed by atoms with Crippen molar-refractivity contribution in [2.75, 3.05) is 39.3 Å². The molecule has 0 bridgehead atoms. The van der Waals surface area contributed by atoms with Gasteiger partial charge in [-0.1, -0.05) is 38.1 Å². The highest BCUT2D eigenvalue weighted by Gasteiger charge is 2.31. The quantitative estimate of drug-likeness (QED) is 0.216. The number of carbonyl (C=O) groups is 4.